The minimum atomic E-state index is -3.60. The van der Waals surface area contributed by atoms with Crippen LogP contribution in [0.2, 0.25) is 0 Å². The van der Waals surface area contributed by atoms with Gasteiger partial charge in [-0.25, -0.2) is 13.1 Å². The van der Waals surface area contributed by atoms with Gasteiger partial charge in [-0.15, -0.1) is 5.10 Å². The standard InChI is InChI=1S/C18H16N4O2S/c1-12-5-7-14(8-6-12)25(23,24)22-11-13-10-21-17(9-19-20-21)15-3-2-4-16(22)18(13)15/h2-9,11,16,18H,10H2,1H3/t16-,18+/m0/s1. The van der Waals surface area contributed by atoms with Gasteiger partial charge in [0, 0.05) is 12.1 Å². The minimum absolute atomic E-state index is 0.0382. The molecule has 3 heterocycles. The SMILES string of the molecule is Cc1ccc(S(=O)(=O)N2C=C3Cn4nncc4C4=CC=C[C@H]2[C@H]34)cc1. The molecule has 0 amide bonds. The molecule has 0 fully saturated rings. The highest BCUT2D eigenvalue weighted by Crippen LogP contribution is 2.46. The van der Waals surface area contributed by atoms with Crippen molar-refractivity contribution >= 4 is 15.6 Å². The second-order valence-corrected chi connectivity index (χ2v) is 8.45. The molecule has 6 nitrogen and oxygen atoms in total. The number of benzene rings is 1. The molecule has 5 rings (SSSR count). The highest BCUT2D eigenvalue weighted by Gasteiger charge is 2.45. The monoisotopic (exact) mass is 352 g/mol. The van der Waals surface area contributed by atoms with Gasteiger partial charge in [0.25, 0.3) is 10.0 Å². The van der Waals surface area contributed by atoms with E-state index in [9.17, 15) is 8.42 Å². The van der Waals surface area contributed by atoms with Gasteiger partial charge in [-0.05, 0) is 30.2 Å². The summed E-state index contributed by atoms with van der Waals surface area (Å²) in [6.07, 6.45) is 9.44. The Morgan fingerprint density at radius 1 is 1.20 bits per heavy atom. The van der Waals surface area contributed by atoms with E-state index >= 15 is 0 Å². The molecule has 126 valence electrons. The van der Waals surface area contributed by atoms with Crippen LogP contribution in [-0.4, -0.2) is 33.8 Å². The molecule has 2 aromatic rings. The first kappa shape index (κ1) is 14.7. The number of hydrogen-bond acceptors (Lipinski definition) is 4. The van der Waals surface area contributed by atoms with Crippen LogP contribution in [0.4, 0.5) is 0 Å². The molecule has 1 aromatic carbocycles. The highest BCUT2D eigenvalue weighted by molar-refractivity contribution is 7.89. The fourth-order valence-corrected chi connectivity index (χ4v) is 5.38. The van der Waals surface area contributed by atoms with Crippen molar-refractivity contribution in [2.45, 2.75) is 24.4 Å². The third-order valence-corrected chi connectivity index (χ3v) is 6.86. The van der Waals surface area contributed by atoms with E-state index in [4.69, 9.17) is 0 Å². The summed E-state index contributed by atoms with van der Waals surface area (Å²) in [7, 11) is -3.60. The second kappa shape index (κ2) is 4.92. The van der Waals surface area contributed by atoms with Crippen molar-refractivity contribution in [3.8, 4) is 0 Å². The van der Waals surface area contributed by atoms with Crippen LogP contribution in [0, 0.1) is 12.8 Å². The van der Waals surface area contributed by atoms with Crippen LogP contribution >= 0.6 is 0 Å². The fourth-order valence-electron chi connectivity index (χ4n) is 3.87. The predicted octanol–water partition coefficient (Wildman–Crippen LogP) is 2.13. The Hall–Kier alpha value is -2.67. The van der Waals surface area contributed by atoms with Crippen molar-refractivity contribution in [3.05, 3.63) is 71.7 Å². The van der Waals surface area contributed by atoms with E-state index in [0.717, 1.165) is 22.4 Å². The molecule has 25 heavy (non-hydrogen) atoms. The summed E-state index contributed by atoms with van der Waals surface area (Å²) in [6.45, 7) is 2.51. The molecule has 0 saturated heterocycles. The van der Waals surface area contributed by atoms with Gasteiger partial charge in [-0.2, -0.15) is 0 Å². The summed E-state index contributed by atoms with van der Waals surface area (Å²) in [5.41, 5.74) is 4.13. The summed E-state index contributed by atoms with van der Waals surface area (Å²) in [5, 5.41) is 8.10. The van der Waals surface area contributed by atoms with Crippen LogP contribution in [-0.2, 0) is 16.6 Å². The molecule has 2 atom stereocenters. The van der Waals surface area contributed by atoms with Gasteiger partial charge < -0.3 is 0 Å². The summed E-state index contributed by atoms with van der Waals surface area (Å²) >= 11 is 0. The maximum atomic E-state index is 13.2. The molecule has 0 spiro atoms. The predicted molar refractivity (Wildman–Crippen MR) is 92.7 cm³/mol. The lowest BCUT2D eigenvalue weighted by Crippen LogP contribution is -2.38. The molecular formula is C18H16N4O2S. The molecule has 1 aromatic heterocycles. The van der Waals surface area contributed by atoms with Crippen LogP contribution in [0.25, 0.3) is 5.57 Å². The molecule has 1 aliphatic carbocycles. The topological polar surface area (TPSA) is 68.1 Å². The summed E-state index contributed by atoms with van der Waals surface area (Å²) in [4.78, 5) is 0.317. The molecule has 3 aliphatic rings. The van der Waals surface area contributed by atoms with Gasteiger partial charge in [0.2, 0.25) is 0 Å². The minimum Gasteiger partial charge on any atom is -0.265 e. The largest absolute Gasteiger partial charge is 0.265 e. The average molecular weight is 352 g/mol. The van der Waals surface area contributed by atoms with E-state index in [1.807, 2.05) is 42.0 Å². The highest BCUT2D eigenvalue weighted by atomic mass is 32.2. The van der Waals surface area contributed by atoms with Crippen molar-refractivity contribution < 1.29 is 8.42 Å². The first-order chi connectivity index (χ1) is 12.1. The van der Waals surface area contributed by atoms with Crippen molar-refractivity contribution in [1.82, 2.24) is 19.3 Å². The van der Waals surface area contributed by atoms with Gasteiger partial charge in [0.15, 0.2) is 0 Å². The van der Waals surface area contributed by atoms with Crippen molar-refractivity contribution in [2.75, 3.05) is 0 Å². The maximum absolute atomic E-state index is 13.2. The molecule has 0 bridgehead atoms. The Morgan fingerprint density at radius 3 is 2.80 bits per heavy atom. The maximum Gasteiger partial charge on any atom is 0.264 e. The zero-order valence-electron chi connectivity index (χ0n) is 13.6. The smallest absolute Gasteiger partial charge is 0.264 e. The Balaban J connectivity index is 1.61. The lowest BCUT2D eigenvalue weighted by Gasteiger charge is -2.33. The Kier molecular flexibility index (Phi) is 2.88. The number of sulfonamides is 1. The van der Waals surface area contributed by atoms with Gasteiger partial charge in [0.1, 0.15) is 0 Å². The van der Waals surface area contributed by atoms with Crippen molar-refractivity contribution in [3.63, 3.8) is 0 Å². The molecule has 0 saturated carbocycles. The van der Waals surface area contributed by atoms with Crippen LogP contribution in [0.1, 0.15) is 11.3 Å². The summed E-state index contributed by atoms with van der Waals surface area (Å²) in [6, 6.07) is 6.76. The Morgan fingerprint density at radius 2 is 2.00 bits per heavy atom. The molecular weight excluding hydrogens is 336 g/mol. The number of rotatable bonds is 2. The van der Waals surface area contributed by atoms with Crippen LogP contribution in [0.5, 0.6) is 0 Å². The van der Waals surface area contributed by atoms with Crippen molar-refractivity contribution in [1.29, 1.82) is 0 Å². The van der Waals surface area contributed by atoms with E-state index in [1.165, 1.54) is 4.31 Å². The quantitative estimate of drug-likeness (QED) is 0.830. The van der Waals surface area contributed by atoms with E-state index in [1.54, 1.807) is 24.5 Å². The van der Waals surface area contributed by atoms with Crippen LogP contribution in [0.3, 0.4) is 0 Å². The Labute approximate surface area is 145 Å². The molecule has 0 unspecified atom stereocenters. The molecule has 0 radical (unpaired) electrons. The first-order valence-corrected chi connectivity index (χ1v) is 9.58. The number of fused-ring (bicyclic) bond motifs is 2. The number of nitrogens with zero attached hydrogens (tertiary/aromatic N) is 4. The third-order valence-electron chi connectivity index (χ3n) is 5.09. The van der Waals surface area contributed by atoms with Crippen molar-refractivity contribution in [2.24, 2.45) is 5.92 Å². The number of hydrogen-bond donors (Lipinski definition) is 0. The van der Waals surface area contributed by atoms with Gasteiger partial charge in [-0.1, -0.05) is 41.1 Å². The van der Waals surface area contributed by atoms with E-state index in [2.05, 4.69) is 10.3 Å². The summed E-state index contributed by atoms with van der Waals surface area (Å²) in [5.74, 6) is 0.0382. The third kappa shape index (κ3) is 1.99. The second-order valence-electron chi connectivity index (χ2n) is 6.60. The van der Waals surface area contributed by atoms with Gasteiger partial charge in [-0.3, -0.25) is 4.31 Å². The molecule has 2 aliphatic heterocycles. The Bertz CT molecular complexity index is 1060. The van der Waals surface area contributed by atoms with Crippen LogP contribution < -0.4 is 0 Å². The van der Waals surface area contributed by atoms with Crippen LogP contribution in [0.15, 0.2) is 65.4 Å². The number of aryl methyl sites for hydroxylation is 1. The normalized spacial score (nSPS) is 23.8. The molecule has 7 heteroatoms. The van der Waals surface area contributed by atoms with E-state index in [0.29, 0.717) is 11.4 Å². The van der Waals surface area contributed by atoms with Gasteiger partial charge in [0.05, 0.1) is 29.4 Å². The molecule has 0 N–H and O–H groups in total. The first-order valence-electron chi connectivity index (χ1n) is 8.14. The van der Waals surface area contributed by atoms with Gasteiger partial charge >= 0.3 is 0 Å². The average Bonchev–Trinajstić information content (AvgIpc) is 3.22. The van der Waals surface area contributed by atoms with E-state index in [-0.39, 0.29) is 12.0 Å². The zero-order valence-corrected chi connectivity index (χ0v) is 14.4. The lowest BCUT2D eigenvalue weighted by molar-refractivity contribution is 0.433. The summed E-state index contributed by atoms with van der Waals surface area (Å²) < 4.78 is 29.7. The fraction of sp³-hybridized carbons (Fsp3) is 0.222. The number of allylic oxidation sites excluding steroid dienone is 2. The number of aromatic nitrogens is 3. The zero-order chi connectivity index (χ0) is 17.2. The van der Waals surface area contributed by atoms with E-state index < -0.39 is 10.0 Å². The lowest BCUT2D eigenvalue weighted by atomic mass is 9.80.